The zero-order valence-electron chi connectivity index (χ0n) is 17.0. The summed E-state index contributed by atoms with van der Waals surface area (Å²) in [6, 6.07) is 9.22. The fourth-order valence-electron chi connectivity index (χ4n) is 3.35. The maximum Gasteiger partial charge on any atom is 0.337 e. The van der Waals surface area contributed by atoms with Crippen molar-refractivity contribution in [1.29, 1.82) is 0 Å². The van der Waals surface area contributed by atoms with Gasteiger partial charge in [-0.2, -0.15) is 5.10 Å². The molecule has 0 saturated carbocycles. The molecule has 3 rings (SSSR count). The number of morpholine rings is 1. The molecule has 8 nitrogen and oxygen atoms in total. The number of carbonyl (C=O) groups excluding carboxylic acids is 2. The van der Waals surface area contributed by atoms with E-state index in [1.54, 1.807) is 18.3 Å². The summed E-state index contributed by atoms with van der Waals surface area (Å²) in [7, 11) is 1.36. The van der Waals surface area contributed by atoms with Gasteiger partial charge in [-0.25, -0.2) is 10.2 Å². The minimum Gasteiger partial charge on any atom is -0.465 e. The molecule has 0 aliphatic carbocycles. The van der Waals surface area contributed by atoms with Crippen LogP contribution in [-0.4, -0.2) is 67.5 Å². The number of rotatable bonds is 6. The first-order valence-electron chi connectivity index (χ1n) is 9.49. The number of hydrogen-bond donors (Lipinski definition) is 1. The van der Waals surface area contributed by atoms with Crippen LogP contribution in [0.4, 0.5) is 0 Å². The van der Waals surface area contributed by atoms with Crippen molar-refractivity contribution in [2.45, 2.75) is 13.8 Å². The van der Waals surface area contributed by atoms with Crippen LogP contribution in [0.25, 0.3) is 5.69 Å². The van der Waals surface area contributed by atoms with E-state index in [0.29, 0.717) is 25.3 Å². The highest BCUT2D eigenvalue weighted by Gasteiger charge is 2.14. The first-order chi connectivity index (χ1) is 14.0. The maximum absolute atomic E-state index is 12.0. The summed E-state index contributed by atoms with van der Waals surface area (Å²) in [5.74, 6) is -0.506. The fraction of sp³-hybridized carbons (Fsp3) is 0.381. The summed E-state index contributed by atoms with van der Waals surface area (Å²) in [5, 5.41) is 4.11. The molecule has 1 aliphatic heterocycles. The second-order valence-corrected chi connectivity index (χ2v) is 6.88. The number of aromatic nitrogens is 1. The zero-order valence-corrected chi connectivity index (χ0v) is 17.0. The van der Waals surface area contributed by atoms with E-state index in [9.17, 15) is 9.59 Å². The number of amides is 1. The van der Waals surface area contributed by atoms with Gasteiger partial charge in [0.1, 0.15) is 0 Å². The highest BCUT2D eigenvalue weighted by atomic mass is 16.5. The second kappa shape index (κ2) is 9.49. The topological polar surface area (TPSA) is 85.2 Å². The number of esters is 1. The fourth-order valence-corrected chi connectivity index (χ4v) is 3.35. The molecule has 8 heteroatoms. The van der Waals surface area contributed by atoms with Crippen LogP contribution in [0.3, 0.4) is 0 Å². The molecule has 2 aromatic rings. The van der Waals surface area contributed by atoms with Crippen molar-refractivity contribution in [2.24, 2.45) is 5.10 Å². The van der Waals surface area contributed by atoms with Gasteiger partial charge in [0.2, 0.25) is 0 Å². The van der Waals surface area contributed by atoms with E-state index in [1.807, 2.05) is 36.9 Å². The molecule has 0 bridgehead atoms. The Balaban J connectivity index is 1.66. The summed E-state index contributed by atoms with van der Waals surface area (Å²) < 4.78 is 12.1. The molecule has 1 aromatic heterocycles. The Labute approximate surface area is 170 Å². The van der Waals surface area contributed by atoms with Crippen LogP contribution < -0.4 is 5.43 Å². The molecule has 0 atom stereocenters. The molecule has 1 saturated heterocycles. The van der Waals surface area contributed by atoms with Crippen molar-refractivity contribution in [3.05, 3.63) is 52.8 Å². The number of nitrogens with zero attached hydrogens (tertiary/aromatic N) is 3. The summed E-state index contributed by atoms with van der Waals surface area (Å²) >= 11 is 0. The second-order valence-electron chi connectivity index (χ2n) is 6.88. The Morgan fingerprint density at radius 1 is 1.21 bits per heavy atom. The molecule has 1 fully saturated rings. The van der Waals surface area contributed by atoms with E-state index in [1.165, 1.54) is 7.11 Å². The van der Waals surface area contributed by atoms with E-state index in [0.717, 1.165) is 35.7 Å². The molecule has 0 spiro atoms. The lowest BCUT2D eigenvalue weighted by molar-refractivity contribution is -0.123. The minimum absolute atomic E-state index is 0.143. The third-order valence-electron chi connectivity index (χ3n) is 4.88. The van der Waals surface area contributed by atoms with Gasteiger partial charge in [0, 0.05) is 35.7 Å². The number of hydrazone groups is 1. The van der Waals surface area contributed by atoms with E-state index in [4.69, 9.17) is 9.47 Å². The van der Waals surface area contributed by atoms with E-state index >= 15 is 0 Å². The standard InChI is InChI=1S/C21H26N4O4/c1-15-12-18(13-22-23-20(26)14-24-8-10-29-11-9-24)16(2)25(15)19-6-4-17(5-7-19)21(27)28-3/h4-7,12-13H,8-11,14H2,1-3H3,(H,23,26)/b22-13-. The number of hydrogen-bond acceptors (Lipinski definition) is 6. The smallest absolute Gasteiger partial charge is 0.337 e. The number of benzene rings is 1. The number of ether oxygens (including phenoxy) is 2. The average molecular weight is 398 g/mol. The normalized spacial score (nSPS) is 14.9. The van der Waals surface area contributed by atoms with Gasteiger partial charge >= 0.3 is 5.97 Å². The molecule has 0 unspecified atom stereocenters. The molecule has 1 aromatic carbocycles. The monoisotopic (exact) mass is 398 g/mol. The SMILES string of the molecule is COC(=O)c1ccc(-n2c(C)cc(/C=N\NC(=O)CN3CCOCC3)c2C)cc1. The molecular weight excluding hydrogens is 372 g/mol. The molecule has 0 radical (unpaired) electrons. The minimum atomic E-state index is -0.363. The van der Waals surface area contributed by atoms with Gasteiger partial charge in [-0.05, 0) is 44.2 Å². The first kappa shape index (κ1) is 20.8. The number of carbonyl (C=O) groups is 2. The van der Waals surface area contributed by atoms with Crippen molar-refractivity contribution < 1.29 is 19.1 Å². The Morgan fingerprint density at radius 2 is 1.90 bits per heavy atom. The quantitative estimate of drug-likeness (QED) is 0.454. The van der Waals surface area contributed by atoms with E-state index < -0.39 is 0 Å². The van der Waals surface area contributed by atoms with Crippen molar-refractivity contribution in [2.75, 3.05) is 40.0 Å². The van der Waals surface area contributed by atoms with Crippen LogP contribution in [0, 0.1) is 13.8 Å². The molecule has 29 heavy (non-hydrogen) atoms. The summed E-state index contributed by atoms with van der Waals surface area (Å²) in [6.07, 6.45) is 1.65. The average Bonchev–Trinajstić information content (AvgIpc) is 3.01. The van der Waals surface area contributed by atoms with Gasteiger partial charge in [-0.1, -0.05) is 0 Å². The molecular formula is C21H26N4O4. The number of aryl methyl sites for hydroxylation is 1. The number of nitrogens with one attached hydrogen (secondary N) is 1. The lowest BCUT2D eigenvalue weighted by Crippen LogP contribution is -2.42. The predicted octanol–water partition coefficient (Wildman–Crippen LogP) is 1.66. The van der Waals surface area contributed by atoms with Crippen LogP contribution in [0.15, 0.2) is 35.4 Å². The van der Waals surface area contributed by atoms with Gasteiger partial charge in [0.05, 0.1) is 38.6 Å². The van der Waals surface area contributed by atoms with Crippen molar-refractivity contribution in [3.8, 4) is 5.69 Å². The first-order valence-corrected chi connectivity index (χ1v) is 9.49. The van der Waals surface area contributed by atoms with Gasteiger partial charge in [0.15, 0.2) is 0 Å². The van der Waals surface area contributed by atoms with Crippen molar-refractivity contribution in [1.82, 2.24) is 14.9 Å². The summed E-state index contributed by atoms with van der Waals surface area (Å²) in [6.45, 7) is 7.12. The third kappa shape index (κ3) is 5.10. The van der Waals surface area contributed by atoms with E-state index in [2.05, 4.69) is 15.1 Å². The highest BCUT2D eigenvalue weighted by Crippen LogP contribution is 2.20. The predicted molar refractivity (Wildman–Crippen MR) is 110 cm³/mol. The number of methoxy groups -OCH3 is 1. The largest absolute Gasteiger partial charge is 0.465 e. The Kier molecular flexibility index (Phi) is 6.79. The van der Waals surface area contributed by atoms with Crippen LogP contribution in [0.1, 0.15) is 27.3 Å². The summed E-state index contributed by atoms with van der Waals surface area (Å²) in [4.78, 5) is 25.7. The molecule has 2 heterocycles. The van der Waals surface area contributed by atoms with Gasteiger partial charge in [-0.3, -0.25) is 9.69 Å². The van der Waals surface area contributed by atoms with Crippen molar-refractivity contribution in [3.63, 3.8) is 0 Å². The van der Waals surface area contributed by atoms with Gasteiger partial charge < -0.3 is 14.0 Å². The molecule has 154 valence electrons. The van der Waals surface area contributed by atoms with Crippen LogP contribution >= 0.6 is 0 Å². The van der Waals surface area contributed by atoms with Crippen molar-refractivity contribution >= 4 is 18.1 Å². The van der Waals surface area contributed by atoms with Gasteiger partial charge in [-0.15, -0.1) is 0 Å². The Morgan fingerprint density at radius 3 is 2.55 bits per heavy atom. The lowest BCUT2D eigenvalue weighted by atomic mass is 10.2. The molecule has 1 N–H and O–H groups in total. The van der Waals surface area contributed by atoms with Crippen LogP contribution in [-0.2, 0) is 14.3 Å². The van der Waals surface area contributed by atoms with Gasteiger partial charge in [0.25, 0.3) is 5.91 Å². The third-order valence-corrected chi connectivity index (χ3v) is 4.88. The maximum atomic E-state index is 12.0. The van der Waals surface area contributed by atoms with Crippen LogP contribution in [0.5, 0.6) is 0 Å². The van der Waals surface area contributed by atoms with Crippen LogP contribution in [0.2, 0.25) is 0 Å². The van der Waals surface area contributed by atoms with E-state index in [-0.39, 0.29) is 11.9 Å². The highest BCUT2D eigenvalue weighted by molar-refractivity contribution is 5.89. The Bertz CT molecular complexity index is 896. The molecule has 1 amide bonds. The summed E-state index contributed by atoms with van der Waals surface area (Å²) in [5.41, 5.74) is 6.94. The molecule has 1 aliphatic rings. The Hall–Kier alpha value is -2.97. The zero-order chi connectivity index (χ0) is 20.8. The lowest BCUT2D eigenvalue weighted by Gasteiger charge is -2.25.